The summed E-state index contributed by atoms with van der Waals surface area (Å²) in [6.45, 7) is 4.27. The van der Waals surface area contributed by atoms with Crippen molar-refractivity contribution < 1.29 is 9.90 Å². The van der Waals surface area contributed by atoms with Gasteiger partial charge >= 0.3 is 0 Å². The molecule has 0 fully saturated rings. The molecule has 1 aromatic rings. The highest BCUT2D eigenvalue weighted by atomic mass is 16.2. The summed E-state index contributed by atoms with van der Waals surface area (Å²) in [6, 6.07) is 5.85. The SMILES string of the molecule is CC(C)c1ccc(CCO)c(C=O)c1. The van der Waals surface area contributed by atoms with Gasteiger partial charge in [0.1, 0.15) is 6.29 Å². The first-order chi connectivity index (χ1) is 6.69. The molecule has 0 saturated carbocycles. The second kappa shape index (κ2) is 4.91. The molecule has 1 aromatic carbocycles. The fourth-order valence-corrected chi connectivity index (χ4v) is 1.43. The highest BCUT2D eigenvalue weighted by Gasteiger charge is 2.05. The second-order valence-electron chi connectivity index (χ2n) is 3.70. The van der Waals surface area contributed by atoms with Crippen molar-refractivity contribution in [3.05, 3.63) is 34.9 Å². The van der Waals surface area contributed by atoms with Crippen LogP contribution in [0, 0.1) is 0 Å². The summed E-state index contributed by atoms with van der Waals surface area (Å²) in [5, 5.41) is 8.80. The molecule has 0 unspecified atom stereocenters. The Hall–Kier alpha value is -1.15. The summed E-state index contributed by atoms with van der Waals surface area (Å²) in [5.74, 6) is 0.428. The number of aliphatic hydroxyl groups excluding tert-OH is 1. The molecule has 0 aliphatic rings. The Balaban J connectivity index is 3.04. The smallest absolute Gasteiger partial charge is 0.150 e. The topological polar surface area (TPSA) is 37.3 Å². The standard InChI is InChI=1S/C12H16O2/c1-9(2)11-4-3-10(5-6-13)12(7-11)8-14/h3-4,7-9,13H,5-6H2,1-2H3. The maximum absolute atomic E-state index is 10.8. The minimum absolute atomic E-state index is 0.0852. The van der Waals surface area contributed by atoms with E-state index in [0.717, 1.165) is 17.4 Å². The van der Waals surface area contributed by atoms with Crippen molar-refractivity contribution >= 4 is 6.29 Å². The normalized spacial score (nSPS) is 10.6. The average molecular weight is 192 g/mol. The number of carbonyl (C=O) groups excluding carboxylic acids is 1. The summed E-state index contributed by atoms with van der Waals surface area (Å²) < 4.78 is 0. The Labute approximate surface area is 84.6 Å². The average Bonchev–Trinajstić information content (AvgIpc) is 2.18. The molecule has 1 rings (SSSR count). The van der Waals surface area contributed by atoms with Crippen molar-refractivity contribution in [1.29, 1.82) is 0 Å². The number of carbonyl (C=O) groups is 1. The van der Waals surface area contributed by atoms with Gasteiger partial charge in [-0.1, -0.05) is 26.0 Å². The van der Waals surface area contributed by atoms with Gasteiger partial charge in [0.05, 0.1) is 0 Å². The van der Waals surface area contributed by atoms with E-state index in [1.54, 1.807) is 0 Å². The van der Waals surface area contributed by atoms with E-state index in [4.69, 9.17) is 5.11 Å². The molecule has 2 heteroatoms. The predicted octanol–water partition coefficient (Wildman–Crippen LogP) is 2.16. The molecule has 0 heterocycles. The van der Waals surface area contributed by atoms with Crippen molar-refractivity contribution in [3.63, 3.8) is 0 Å². The molecule has 0 aromatic heterocycles. The van der Waals surface area contributed by atoms with Gasteiger partial charge in [0.2, 0.25) is 0 Å². The molecular weight excluding hydrogens is 176 g/mol. The van der Waals surface area contributed by atoms with E-state index in [1.807, 2.05) is 18.2 Å². The van der Waals surface area contributed by atoms with Crippen LogP contribution in [0.15, 0.2) is 18.2 Å². The molecule has 0 radical (unpaired) electrons. The lowest BCUT2D eigenvalue weighted by Crippen LogP contribution is -1.99. The number of aldehydes is 1. The summed E-state index contributed by atoms with van der Waals surface area (Å²) in [7, 11) is 0. The van der Waals surface area contributed by atoms with E-state index in [-0.39, 0.29) is 6.61 Å². The van der Waals surface area contributed by atoms with Gasteiger partial charge < -0.3 is 5.11 Å². The first-order valence-corrected chi connectivity index (χ1v) is 4.88. The van der Waals surface area contributed by atoms with Gasteiger partial charge in [-0.25, -0.2) is 0 Å². The van der Waals surface area contributed by atoms with Crippen LogP contribution >= 0.6 is 0 Å². The first-order valence-electron chi connectivity index (χ1n) is 4.88. The van der Waals surface area contributed by atoms with Crippen molar-refractivity contribution in [3.8, 4) is 0 Å². The fraction of sp³-hybridized carbons (Fsp3) is 0.417. The van der Waals surface area contributed by atoms with E-state index >= 15 is 0 Å². The quantitative estimate of drug-likeness (QED) is 0.742. The Morgan fingerprint density at radius 2 is 2.14 bits per heavy atom. The van der Waals surface area contributed by atoms with Gasteiger partial charge in [-0.15, -0.1) is 0 Å². The van der Waals surface area contributed by atoms with Crippen LogP contribution in [-0.4, -0.2) is 18.0 Å². The van der Waals surface area contributed by atoms with Gasteiger partial charge in [-0.2, -0.15) is 0 Å². The molecule has 1 N–H and O–H groups in total. The van der Waals surface area contributed by atoms with E-state index in [9.17, 15) is 4.79 Å². The third kappa shape index (κ3) is 2.42. The lowest BCUT2D eigenvalue weighted by Gasteiger charge is -2.09. The van der Waals surface area contributed by atoms with Crippen LogP contribution in [0.4, 0.5) is 0 Å². The van der Waals surface area contributed by atoms with Crippen LogP contribution in [0.2, 0.25) is 0 Å². The molecule has 0 spiro atoms. The number of aliphatic hydroxyl groups is 1. The third-order valence-corrected chi connectivity index (χ3v) is 2.34. The third-order valence-electron chi connectivity index (χ3n) is 2.34. The van der Waals surface area contributed by atoms with Crippen LogP contribution in [-0.2, 0) is 6.42 Å². The van der Waals surface area contributed by atoms with Crippen molar-refractivity contribution in [2.24, 2.45) is 0 Å². The van der Waals surface area contributed by atoms with Crippen molar-refractivity contribution in [1.82, 2.24) is 0 Å². The summed E-state index contributed by atoms with van der Waals surface area (Å²) >= 11 is 0. The van der Waals surface area contributed by atoms with Gasteiger partial charge in [-0.05, 0) is 29.5 Å². The first kappa shape index (κ1) is 10.9. The maximum Gasteiger partial charge on any atom is 0.150 e. The Morgan fingerprint density at radius 1 is 1.43 bits per heavy atom. The van der Waals surface area contributed by atoms with Crippen LogP contribution < -0.4 is 0 Å². The number of hydrogen-bond acceptors (Lipinski definition) is 2. The zero-order valence-corrected chi connectivity index (χ0v) is 8.66. The van der Waals surface area contributed by atoms with E-state index in [1.165, 1.54) is 0 Å². The van der Waals surface area contributed by atoms with Crippen molar-refractivity contribution in [2.45, 2.75) is 26.2 Å². The maximum atomic E-state index is 10.8. The monoisotopic (exact) mass is 192 g/mol. The lowest BCUT2D eigenvalue weighted by molar-refractivity contribution is 0.112. The Bertz CT molecular complexity index is 316. The van der Waals surface area contributed by atoms with Crippen molar-refractivity contribution in [2.75, 3.05) is 6.61 Å². The summed E-state index contributed by atoms with van der Waals surface area (Å²) in [6.07, 6.45) is 1.41. The highest BCUT2D eigenvalue weighted by Crippen LogP contribution is 2.18. The molecule has 0 aliphatic carbocycles. The van der Waals surface area contributed by atoms with Crippen LogP contribution in [0.25, 0.3) is 0 Å². The fourth-order valence-electron chi connectivity index (χ4n) is 1.43. The lowest BCUT2D eigenvalue weighted by atomic mass is 9.97. The Morgan fingerprint density at radius 3 is 2.64 bits per heavy atom. The number of hydrogen-bond donors (Lipinski definition) is 1. The zero-order chi connectivity index (χ0) is 10.6. The Kier molecular flexibility index (Phi) is 3.84. The van der Waals surface area contributed by atoms with Gasteiger partial charge in [-0.3, -0.25) is 4.79 Å². The van der Waals surface area contributed by atoms with E-state index in [2.05, 4.69) is 13.8 Å². The van der Waals surface area contributed by atoms with Gasteiger partial charge in [0.15, 0.2) is 0 Å². The minimum Gasteiger partial charge on any atom is -0.396 e. The largest absolute Gasteiger partial charge is 0.396 e. The molecule has 14 heavy (non-hydrogen) atoms. The number of benzene rings is 1. The molecule has 0 atom stereocenters. The zero-order valence-electron chi connectivity index (χ0n) is 8.66. The van der Waals surface area contributed by atoms with Crippen LogP contribution in [0.1, 0.15) is 41.3 Å². The van der Waals surface area contributed by atoms with Crippen LogP contribution in [0.5, 0.6) is 0 Å². The van der Waals surface area contributed by atoms with Crippen LogP contribution in [0.3, 0.4) is 0 Å². The molecule has 0 aliphatic heterocycles. The molecule has 0 amide bonds. The number of rotatable bonds is 4. The van der Waals surface area contributed by atoms with E-state index in [0.29, 0.717) is 17.9 Å². The minimum atomic E-state index is 0.0852. The molecule has 0 saturated heterocycles. The van der Waals surface area contributed by atoms with Gasteiger partial charge in [0, 0.05) is 12.2 Å². The highest BCUT2D eigenvalue weighted by molar-refractivity contribution is 5.77. The molecular formula is C12H16O2. The predicted molar refractivity (Wildman–Crippen MR) is 56.7 cm³/mol. The molecule has 76 valence electrons. The summed E-state index contributed by atoms with van der Waals surface area (Å²) in [5.41, 5.74) is 2.78. The molecule has 0 bridgehead atoms. The van der Waals surface area contributed by atoms with E-state index < -0.39 is 0 Å². The summed E-state index contributed by atoms with van der Waals surface area (Å²) in [4.78, 5) is 10.8. The molecule has 2 nitrogen and oxygen atoms in total. The van der Waals surface area contributed by atoms with Gasteiger partial charge in [0.25, 0.3) is 0 Å². The second-order valence-corrected chi connectivity index (χ2v) is 3.70.